The molecule has 0 radical (unpaired) electrons. The van der Waals surface area contributed by atoms with E-state index in [0.717, 1.165) is 16.1 Å². The van der Waals surface area contributed by atoms with Gasteiger partial charge in [0.1, 0.15) is 0 Å². The van der Waals surface area contributed by atoms with Crippen LogP contribution in [0.1, 0.15) is 35.3 Å². The minimum absolute atomic E-state index is 0.00416. The highest BCUT2D eigenvalue weighted by molar-refractivity contribution is 6.02. The zero-order valence-electron chi connectivity index (χ0n) is 16.1. The summed E-state index contributed by atoms with van der Waals surface area (Å²) in [4.78, 5) is 37.5. The van der Waals surface area contributed by atoms with E-state index in [4.69, 9.17) is 14.2 Å². The number of rotatable bonds is 3. The van der Waals surface area contributed by atoms with Crippen molar-refractivity contribution in [2.45, 2.75) is 26.9 Å². The Morgan fingerprint density at radius 2 is 1.39 bits per heavy atom. The molecule has 0 unspecified atom stereocenters. The highest BCUT2D eigenvalue weighted by Crippen LogP contribution is 2.41. The first kappa shape index (κ1) is 19.5. The summed E-state index contributed by atoms with van der Waals surface area (Å²) in [5.41, 5.74) is 3.33. The summed E-state index contributed by atoms with van der Waals surface area (Å²) in [5.74, 6) is -0.495. The number of nitrogens with zero attached hydrogens (tertiary/aromatic N) is 2. The molecule has 1 aliphatic heterocycles. The molecule has 148 valence electrons. The van der Waals surface area contributed by atoms with E-state index in [1.807, 2.05) is 30.3 Å². The lowest BCUT2D eigenvalue weighted by molar-refractivity contribution is -0.0368. The molecule has 0 spiro atoms. The van der Waals surface area contributed by atoms with Crippen LogP contribution < -0.4 is 0 Å². The highest BCUT2D eigenvalue weighted by atomic mass is 16.6. The molecule has 0 N–H and O–H groups in total. The predicted molar refractivity (Wildman–Crippen MR) is 99.5 cm³/mol. The zero-order valence-corrected chi connectivity index (χ0v) is 16.1. The number of esters is 1. The van der Waals surface area contributed by atoms with Gasteiger partial charge in [-0.05, 0) is 36.1 Å². The number of ether oxygens (including phenoxy) is 3. The van der Waals surface area contributed by atoms with E-state index in [2.05, 4.69) is 0 Å². The summed E-state index contributed by atoms with van der Waals surface area (Å²) < 4.78 is 15.2. The van der Waals surface area contributed by atoms with Crippen LogP contribution in [0.3, 0.4) is 0 Å². The third-order valence-electron chi connectivity index (χ3n) is 4.55. The zero-order chi connectivity index (χ0) is 20.3. The van der Waals surface area contributed by atoms with Gasteiger partial charge in [0, 0.05) is 0 Å². The van der Waals surface area contributed by atoms with Crippen molar-refractivity contribution in [2.24, 2.45) is 0 Å². The van der Waals surface area contributed by atoms with Gasteiger partial charge in [0.15, 0.2) is 0 Å². The largest absolute Gasteiger partial charge is 0.465 e. The topological polar surface area (TPSA) is 85.4 Å². The molecule has 0 bridgehead atoms. The molecule has 0 aromatic rings. The van der Waals surface area contributed by atoms with Crippen molar-refractivity contribution in [3.63, 3.8) is 0 Å². The molecule has 0 aromatic carbocycles. The molecule has 0 saturated heterocycles. The molecular weight excluding hydrogens is 364 g/mol. The van der Waals surface area contributed by atoms with Crippen molar-refractivity contribution in [3.05, 3.63) is 47.0 Å². The first-order valence-electron chi connectivity index (χ1n) is 9.02. The molecule has 3 aliphatic rings. The Labute approximate surface area is 162 Å². The van der Waals surface area contributed by atoms with Crippen molar-refractivity contribution >= 4 is 18.2 Å². The Hall–Kier alpha value is -3.29. The van der Waals surface area contributed by atoms with Gasteiger partial charge in [-0.3, -0.25) is 0 Å². The fourth-order valence-corrected chi connectivity index (χ4v) is 3.39. The van der Waals surface area contributed by atoms with Crippen molar-refractivity contribution in [2.75, 3.05) is 20.3 Å². The van der Waals surface area contributed by atoms with Gasteiger partial charge in [-0.2, -0.15) is 0 Å². The van der Waals surface area contributed by atoms with Gasteiger partial charge in [-0.25, -0.2) is 24.4 Å². The van der Waals surface area contributed by atoms with Crippen LogP contribution in [0.5, 0.6) is 0 Å². The monoisotopic (exact) mass is 386 g/mol. The van der Waals surface area contributed by atoms with Gasteiger partial charge in [0.05, 0.1) is 39.0 Å². The first-order chi connectivity index (χ1) is 13.5. The van der Waals surface area contributed by atoms with Crippen molar-refractivity contribution in [3.8, 4) is 11.1 Å². The second kappa shape index (κ2) is 8.16. The van der Waals surface area contributed by atoms with E-state index in [0.29, 0.717) is 16.7 Å². The molecule has 2 amide bonds. The molecule has 0 fully saturated rings. The molecule has 1 heterocycles. The standard InChI is InChI=1S/C20H22N2O6/c1-4-27-19(24)21-11-15-13-9-7-6-8-10-14(13)17(18(23)26-3)16(15)12-22(21)20(25)28-5-2/h6-10H,4-5,11-12H2,1-3H3. The average Bonchev–Trinajstić information content (AvgIpc) is 2.82. The number of hydrazine groups is 1. The SMILES string of the molecule is CCOC(=O)N1Cc2c3cccccc-3c(C(=O)OC)c2CN1C(=O)OCC. The van der Waals surface area contributed by atoms with Gasteiger partial charge in [-0.1, -0.05) is 30.3 Å². The van der Waals surface area contributed by atoms with Crippen LogP contribution in [0.2, 0.25) is 0 Å². The molecule has 28 heavy (non-hydrogen) atoms. The number of carbonyl (C=O) groups is 3. The molecule has 8 heteroatoms. The van der Waals surface area contributed by atoms with Gasteiger partial charge in [0.2, 0.25) is 0 Å². The molecule has 0 aromatic heterocycles. The van der Waals surface area contributed by atoms with Crippen LogP contribution in [-0.4, -0.2) is 48.5 Å². The summed E-state index contributed by atoms with van der Waals surface area (Å²) in [6, 6.07) is 9.24. The second-order valence-corrected chi connectivity index (χ2v) is 6.07. The van der Waals surface area contributed by atoms with Crippen LogP contribution in [0.15, 0.2) is 30.3 Å². The summed E-state index contributed by atoms with van der Waals surface area (Å²) in [7, 11) is 1.31. The third kappa shape index (κ3) is 3.33. The van der Waals surface area contributed by atoms with Crippen LogP contribution in [0.4, 0.5) is 9.59 Å². The van der Waals surface area contributed by atoms with Gasteiger partial charge < -0.3 is 14.2 Å². The van der Waals surface area contributed by atoms with E-state index in [9.17, 15) is 14.4 Å². The van der Waals surface area contributed by atoms with Gasteiger partial charge in [0.25, 0.3) is 0 Å². The number of hydrogen-bond donors (Lipinski definition) is 0. The van der Waals surface area contributed by atoms with Crippen molar-refractivity contribution in [1.29, 1.82) is 0 Å². The van der Waals surface area contributed by atoms with Crippen LogP contribution in [-0.2, 0) is 27.3 Å². The maximum Gasteiger partial charge on any atom is 0.429 e. The molecule has 0 saturated carbocycles. The Morgan fingerprint density at radius 3 is 1.93 bits per heavy atom. The number of methoxy groups -OCH3 is 1. The Balaban J connectivity index is 2.16. The molecular formula is C20H22N2O6. The lowest BCUT2D eigenvalue weighted by Gasteiger charge is -2.37. The number of carbonyl (C=O) groups excluding carboxylic acids is 3. The summed E-state index contributed by atoms with van der Waals surface area (Å²) >= 11 is 0. The van der Waals surface area contributed by atoms with Crippen molar-refractivity contribution in [1.82, 2.24) is 10.0 Å². The molecule has 0 atom stereocenters. The molecule has 3 rings (SSSR count). The second-order valence-electron chi connectivity index (χ2n) is 6.07. The Bertz CT molecular complexity index is 881. The number of amides is 2. The van der Waals surface area contributed by atoms with Crippen LogP contribution in [0, 0.1) is 0 Å². The third-order valence-corrected chi connectivity index (χ3v) is 4.55. The molecule has 8 nitrogen and oxygen atoms in total. The fourth-order valence-electron chi connectivity index (χ4n) is 3.39. The van der Waals surface area contributed by atoms with E-state index in [-0.39, 0.29) is 26.3 Å². The minimum atomic E-state index is -0.687. The predicted octanol–water partition coefficient (Wildman–Crippen LogP) is 3.42. The van der Waals surface area contributed by atoms with E-state index < -0.39 is 18.2 Å². The van der Waals surface area contributed by atoms with E-state index in [1.165, 1.54) is 12.1 Å². The maximum absolute atomic E-state index is 12.5. The Kier molecular flexibility index (Phi) is 5.67. The average molecular weight is 386 g/mol. The van der Waals surface area contributed by atoms with Crippen LogP contribution in [0.25, 0.3) is 11.1 Å². The smallest absolute Gasteiger partial charge is 0.429 e. The number of fused-ring (bicyclic) bond motifs is 3. The number of hydrogen-bond acceptors (Lipinski definition) is 6. The lowest BCUT2D eigenvalue weighted by atomic mass is 10.1. The quantitative estimate of drug-likeness (QED) is 0.594. The fraction of sp³-hybridized carbons (Fsp3) is 0.350. The summed E-state index contributed by atoms with van der Waals surface area (Å²) in [5, 5.41) is 2.37. The minimum Gasteiger partial charge on any atom is -0.465 e. The van der Waals surface area contributed by atoms with Gasteiger partial charge >= 0.3 is 18.2 Å². The first-order valence-corrected chi connectivity index (χ1v) is 9.02. The van der Waals surface area contributed by atoms with E-state index >= 15 is 0 Å². The highest BCUT2D eigenvalue weighted by Gasteiger charge is 2.39. The van der Waals surface area contributed by atoms with E-state index in [1.54, 1.807) is 13.8 Å². The van der Waals surface area contributed by atoms with Gasteiger partial charge in [-0.15, -0.1) is 0 Å². The molecule has 2 aliphatic carbocycles. The normalized spacial score (nSPS) is 13.1. The maximum atomic E-state index is 12.5. The van der Waals surface area contributed by atoms with Crippen molar-refractivity contribution < 1.29 is 28.6 Å². The summed E-state index contributed by atoms with van der Waals surface area (Å²) in [6.07, 6.45) is -1.34. The lowest BCUT2D eigenvalue weighted by Crippen LogP contribution is -2.51. The Morgan fingerprint density at radius 1 is 0.857 bits per heavy atom. The van der Waals surface area contributed by atoms with Crippen LogP contribution >= 0.6 is 0 Å². The summed E-state index contributed by atoms with van der Waals surface area (Å²) in [6.45, 7) is 3.76.